The van der Waals surface area contributed by atoms with Crippen molar-refractivity contribution < 1.29 is 0 Å². The summed E-state index contributed by atoms with van der Waals surface area (Å²) in [6, 6.07) is 4.69. The largest absolute Gasteiger partial charge is 0.312 e. The van der Waals surface area contributed by atoms with Crippen molar-refractivity contribution in [3.63, 3.8) is 0 Å². The molecule has 0 bridgehead atoms. The molecule has 12 heavy (non-hydrogen) atoms. The van der Waals surface area contributed by atoms with Crippen LogP contribution in [0.2, 0.25) is 0 Å². The molecular formula is C10H15NS. The van der Waals surface area contributed by atoms with Crippen molar-refractivity contribution in [1.29, 1.82) is 0 Å². The van der Waals surface area contributed by atoms with Crippen LogP contribution in [0, 0.1) is 0 Å². The van der Waals surface area contributed by atoms with Crippen molar-refractivity contribution in [1.82, 2.24) is 5.32 Å². The van der Waals surface area contributed by atoms with Gasteiger partial charge < -0.3 is 5.32 Å². The van der Waals surface area contributed by atoms with Gasteiger partial charge in [-0.1, -0.05) is 11.6 Å². The first-order chi connectivity index (χ1) is 5.74. The molecule has 0 aromatic carbocycles. The zero-order valence-electron chi connectivity index (χ0n) is 7.63. The molecule has 0 aliphatic rings. The maximum Gasteiger partial charge on any atom is 0.0449 e. The van der Waals surface area contributed by atoms with Crippen LogP contribution >= 0.6 is 11.3 Å². The first-order valence-electron chi connectivity index (χ1n) is 4.09. The summed E-state index contributed by atoms with van der Waals surface area (Å²) in [6.45, 7) is 5.98. The minimum Gasteiger partial charge on any atom is -0.312 e. The maximum absolute atomic E-state index is 3.92. The molecular weight excluding hydrogens is 166 g/mol. The lowest BCUT2D eigenvalue weighted by Crippen LogP contribution is -2.15. The molecule has 0 spiro atoms. The van der Waals surface area contributed by atoms with Crippen LogP contribution in [0.3, 0.4) is 0 Å². The molecule has 1 N–H and O–H groups in total. The van der Waals surface area contributed by atoms with Gasteiger partial charge in [0.25, 0.3) is 0 Å². The SMILES string of the molecule is C=C(C)CC(NC)c1cccs1. The highest BCUT2D eigenvalue weighted by atomic mass is 32.1. The van der Waals surface area contributed by atoms with Gasteiger partial charge in [-0.25, -0.2) is 0 Å². The Kier molecular flexibility index (Phi) is 3.50. The van der Waals surface area contributed by atoms with Crippen LogP contribution in [-0.2, 0) is 0 Å². The summed E-state index contributed by atoms with van der Waals surface area (Å²) in [5, 5.41) is 5.39. The number of nitrogens with one attached hydrogen (secondary N) is 1. The van der Waals surface area contributed by atoms with Crippen LogP contribution in [0.5, 0.6) is 0 Å². The maximum atomic E-state index is 3.92. The summed E-state index contributed by atoms with van der Waals surface area (Å²) in [5.74, 6) is 0. The van der Waals surface area contributed by atoms with E-state index in [1.54, 1.807) is 11.3 Å². The van der Waals surface area contributed by atoms with Gasteiger partial charge in [0.15, 0.2) is 0 Å². The summed E-state index contributed by atoms with van der Waals surface area (Å²) < 4.78 is 0. The fourth-order valence-electron chi connectivity index (χ4n) is 1.18. The monoisotopic (exact) mass is 181 g/mol. The highest BCUT2D eigenvalue weighted by Gasteiger charge is 2.08. The fraction of sp³-hybridized carbons (Fsp3) is 0.400. The van der Waals surface area contributed by atoms with E-state index >= 15 is 0 Å². The summed E-state index contributed by atoms with van der Waals surface area (Å²) in [7, 11) is 1.99. The van der Waals surface area contributed by atoms with Crippen molar-refractivity contribution in [3.8, 4) is 0 Å². The zero-order valence-corrected chi connectivity index (χ0v) is 8.45. The molecule has 0 aliphatic carbocycles. The molecule has 1 atom stereocenters. The van der Waals surface area contributed by atoms with Crippen molar-refractivity contribution in [2.45, 2.75) is 19.4 Å². The number of hydrogen-bond acceptors (Lipinski definition) is 2. The third kappa shape index (κ3) is 2.47. The molecule has 0 saturated carbocycles. The first-order valence-corrected chi connectivity index (χ1v) is 4.97. The molecule has 1 rings (SSSR count). The number of hydrogen-bond donors (Lipinski definition) is 1. The van der Waals surface area contributed by atoms with Gasteiger partial charge in [0.1, 0.15) is 0 Å². The van der Waals surface area contributed by atoms with Crippen LogP contribution < -0.4 is 5.32 Å². The molecule has 0 fully saturated rings. The van der Waals surface area contributed by atoms with Gasteiger partial charge in [0.05, 0.1) is 0 Å². The van der Waals surface area contributed by atoms with E-state index in [-0.39, 0.29) is 0 Å². The summed E-state index contributed by atoms with van der Waals surface area (Å²) >= 11 is 1.79. The van der Waals surface area contributed by atoms with Gasteiger partial charge in [0.2, 0.25) is 0 Å². The summed E-state index contributed by atoms with van der Waals surface area (Å²) in [5.41, 5.74) is 1.22. The molecule has 1 aromatic rings. The van der Waals surface area contributed by atoms with E-state index in [1.165, 1.54) is 10.5 Å². The van der Waals surface area contributed by atoms with Crippen molar-refractivity contribution >= 4 is 11.3 Å². The third-order valence-corrected chi connectivity index (χ3v) is 2.77. The van der Waals surface area contributed by atoms with E-state index in [4.69, 9.17) is 0 Å². The molecule has 66 valence electrons. The number of thiophene rings is 1. The highest BCUT2D eigenvalue weighted by molar-refractivity contribution is 7.10. The second kappa shape index (κ2) is 4.43. The lowest BCUT2D eigenvalue weighted by molar-refractivity contribution is 0.600. The number of rotatable bonds is 4. The Bertz CT molecular complexity index is 238. The van der Waals surface area contributed by atoms with Gasteiger partial charge in [-0.15, -0.1) is 17.9 Å². The quantitative estimate of drug-likeness (QED) is 0.704. The second-order valence-corrected chi connectivity index (χ2v) is 4.00. The molecule has 1 heterocycles. The predicted molar refractivity (Wildman–Crippen MR) is 55.6 cm³/mol. The fourth-order valence-corrected chi connectivity index (χ4v) is 2.02. The molecule has 1 nitrogen and oxygen atoms in total. The second-order valence-electron chi connectivity index (χ2n) is 3.02. The van der Waals surface area contributed by atoms with Crippen LogP contribution in [0.25, 0.3) is 0 Å². The molecule has 0 aliphatic heterocycles. The molecule has 0 radical (unpaired) electrons. The minimum atomic E-state index is 0.447. The Morgan fingerprint density at radius 1 is 1.75 bits per heavy atom. The van der Waals surface area contributed by atoms with Gasteiger partial charge in [0, 0.05) is 10.9 Å². The van der Waals surface area contributed by atoms with E-state index in [0.29, 0.717) is 6.04 Å². The molecule has 2 heteroatoms. The molecule has 1 aromatic heterocycles. The Morgan fingerprint density at radius 3 is 2.92 bits per heavy atom. The normalized spacial score (nSPS) is 12.8. The Labute approximate surface area is 78.1 Å². The van der Waals surface area contributed by atoms with Gasteiger partial charge >= 0.3 is 0 Å². The topological polar surface area (TPSA) is 12.0 Å². The lowest BCUT2D eigenvalue weighted by atomic mass is 10.1. The summed E-state index contributed by atoms with van der Waals surface area (Å²) in [4.78, 5) is 1.39. The van der Waals surface area contributed by atoms with Crippen LogP contribution in [-0.4, -0.2) is 7.05 Å². The van der Waals surface area contributed by atoms with E-state index in [0.717, 1.165) is 6.42 Å². The third-order valence-electron chi connectivity index (χ3n) is 1.79. The average Bonchev–Trinajstić information content (AvgIpc) is 2.51. The van der Waals surface area contributed by atoms with Crippen LogP contribution in [0.4, 0.5) is 0 Å². The van der Waals surface area contributed by atoms with Gasteiger partial charge in [-0.2, -0.15) is 0 Å². The van der Waals surface area contributed by atoms with Crippen molar-refractivity contribution in [2.24, 2.45) is 0 Å². The smallest absolute Gasteiger partial charge is 0.0449 e. The van der Waals surface area contributed by atoms with Crippen LogP contribution in [0.15, 0.2) is 29.7 Å². The highest BCUT2D eigenvalue weighted by Crippen LogP contribution is 2.23. The Morgan fingerprint density at radius 2 is 2.50 bits per heavy atom. The van der Waals surface area contributed by atoms with E-state index < -0.39 is 0 Å². The Balaban J connectivity index is 2.63. The van der Waals surface area contributed by atoms with Crippen LogP contribution in [0.1, 0.15) is 24.3 Å². The zero-order chi connectivity index (χ0) is 8.97. The van der Waals surface area contributed by atoms with E-state index in [1.807, 2.05) is 7.05 Å². The standard InChI is InChI=1S/C10H15NS/c1-8(2)7-9(11-3)10-5-4-6-12-10/h4-6,9,11H,1,7H2,2-3H3. The minimum absolute atomic E-state index is 0.447. The average molecular weight is 181 g/mol. The molecule has 1 unspecified atom stereocenters. The van der Waals surface area contributed by atoms with Gasteiger partial charge in [-0.05, 0) is 31.8 Å². The Hall–Kier alpha value is -0.600. The van der Waals surface area contributed by atoms with Crippen molar-refractivity contribution in [3.05, 3.63) is 34.5 Å². The van der Waals surface area contributed by atoms with Gasteiger partial charge in [-0.3, -0.25) is 0 Å². The van der Waals surface area contributed by atoms with E-state index in [9.17, 15) is 0 Å². The van der Waals surface area contributed by atoms with E-state index in [2.05, 4.69) is 36.3 Å². The first kappa shape index (κ1) is 9.49. The predicted octanol–water partition coefficient (Wildman–Crippen LogP) is 2.97. The molecule has 0 amide bonds. The van der Waals surface area contributed by atoms with Crippen molar-refractivity contribution in [2.75, 3.05) is 7.05 Å². The lowest BCUT2D eigenvalue weighted by Gasteiger charge is -2.13. The molecule has 0 saturated heterocycles. The summed E-state index contributed by atoms with van der Waals surface area (Å²) in [6.07, 6.45) is 1.02.